The molecule has 154 valence electrons. The average Bonchev–Trinajstić information content (AvgIpc) is 3.16. The first-order valence-electron chi connectivity index (χ1n) is 9.30. The summed E-state index contributed by atoms with van der Waals surface area (Å²) in [5, 5.41) is 16.4. The standard InChI is InChI=1S/C19H30FN3O3.HI/c1-2-21-19(22-9-5-10-25-13-15-8-11-26-14-15)23-12-18(24)16-6-3-4-7-17(16)20;/h3-4,6-7,15,18,24H,2,5,8-14H2,1H3,(H2,21,22,23);1H. The van der Waals surface area contributed by atoms with Crippen molar-refractivity contribution in [3.05, 3.63) is 35.6 Å². The van der Waals surface area contributed by atoms with E-state index in [0.29, 0.717) is 31.6 Å². The molecule has 1 saturated heterocycles. The molecule has 8 heteroatoms. The fraction of sp³-hybridized carbons (Fsp3) is 0.632. The Kier molecular flexibility index (Phi) is 12.6. The maximum absolute atomic E-state index is 13.7. The van der Waals surface area contributed by atoms with E-state index in [-0.39, 0.29) is 36.1 Å². The molecule has 1 aromatic rings. The van der Waals surface area contributed by atoms with Crippen molar-refractivity contribution in [3.63, 3.8) is 0 Å². The Hall–Kier alpha value is -0.970. The Balaban J connectivity index is 0.00000364. The van der Waals surface area contributed by atoms with Crippen molar-refractivity contribution in [1.29, 1.82) is 0 Å². The molecule has 1 heterocycles. The van der Waals surface area contributed by atoms with Gasteiger partial charge in [0.05, 0.1) is 19.8 Å². The molecular weight excluding hydrogens is 464 g/mol. The van der Waals surface area contributed by atoms with Crippen LogP contribution in [0.4, 0.5) is 4.39 Å². The molecule has 1 aliphatic heterocycles. The summed E-state index contributed by atoms with van der Waals surface area (Å²) in [6.45, 7) is 6.56. The number of guanidine groups is 1. The normalized spacial score (nSPS) is 18.0. The van der Waals surface area contributed by atoms with Crippen molar-refractivity contribution in [1.82, 2.24) is 10.6 Å². The molecule has 0 aromatic heterocycles. The van der Waals surface area contributed by atoms with E-state index in [0.717, 1.165) is 32.7 Å². The fourth-order valence-electron chi connectivity index (χ4n) is 2.71. The molecule has 3 N–H and O–H groups in total. The number of ether oxygens (including phenoxy) is 2. The van der Waals surface area contributed by atoms with Crippen molar-refractivity contribution in [3.8, 4) is 0 Å². The zero-order valence-electron chi connectivity index (χ0n) is 15.8. The Labute approximate surface area is 177 Å². The lowest BCUT2D eigenvalue weighted by Crippen LogP contribution is -2.38. The molecule has 0 bridgehead atoms. The van der Waals surface area contributed by atoms with Crippen molar-refractivity contribution >= 4 is 29.9 Å². The van der Waals surface area contributed by atoms with Crippen molar-refractivity contribution in [2.24, 2.45) is 10.9 Å². The maximum atomic E-state index is 13.7. The molecule has 0 radical (unpaired) electrons. The number of aliphatic hydroxyl groups is 1. The zero-order chi connectivity index (χ0) is 18.6. The van der Waals surface area contributed by atoms with Crippen LogP contribution in [0.2, 0.25) is 0 Å². The molecule has 1 aliphatic rings. The van der Waals surface area contributed by atoms with E-state index in [1.807, 2.05) is 6.92 Å². The minimum absolute atomic E-state index is 0. The maximum Gasteiger partial charge on any atom is 0.191 e. The van der Waals surface area contributed by atoms with E-state index in [1.165, 1.54) is 6.07 Å². The highest BCUT2D eigenvalue weighted by Gasteiger charge is 2.15. The van der Waals surface area contributed by atoms with E-state index >= 15 is 0 Å². The molecule has 2 atom stereocenters. The summed E-state index contributed by atoms with van der Waals surface area (Å²) < 4.78 is 24.7. The minimum atomic E-state index is -0.969. The largest absolute Gasteiger partial charge is 0.386 e. The SMILES string of the molecule is CCNC(=NCC(O)c1ccccc1F)NCCCOCC1CCOC1.I. The van der Waals surface area contributed by atoms with Gasteiger partial charge in [-0.2, -0.15) is 0 Å². The van der Waals surface area contributed by atoms with Gasteiger partial charge in [-0.15, -0.1) is 24.0 Å². The van der Waals surface area contributed by atoms with Gasteiger partial charge in [0.25, 0.3) is 0 Å². The second-order valence-corrected chi connectivity index (χ2v) is 6.34. The molecule has 2 rings (SSSR count). The van der Waals surface area contributed by atoms with Gasteiger partial charge in [0, 0.05) is 37.8 Å². The van der Waals surface area contributed by atoms with Crippen LogP contribution in [0.25, 0.3) is 0 Å². The number of hydrogen-bond acceptors (Lipinski definition) is 4. The van der Waals surface area contributed by atoms with Gasteiger partial charge in [-0.25, -0.2) is 4.39 Å². The van der Waals surface area contributed by atoms with Crippen molar-refractivity contribution < 1.29 is 19.0 Å². The van der Waals surface area contributed by atoms with Crippen LogP contribution < -0.4 is 10.6 Å². The Morgan fingerprint density at radius 2 is 2.22 bits per heavy atom. The van der Waals surface area contributed by atoms with Crippen molar-refractivity contribution in [2.75, 3.05) is 46.1 Å². The third kappa shape index (κ3) is 9.18. The lowest BCUT2D eigenvalue weighted by Gasteiger charge is -2.14. The third-order valence-electron chi connectivity index (χ3n) is 4.17. The first kappa shape index (κ1) is 24.1. The Morgan fingerprint density at radius 3 is 2.93 bits per heavy atom. The van der Waals surface area contributed by atoms with Crippen LogP contribution in [-0.4, -0.2) is 57.1 Å². The minimum Gasteiger partial charge on any atom is -0.386 e. The quantitative estimate of drug-likeness (QED) is 0.201. The van der Waals surface area contributed by atoms with Crippen LogP contribution in [0, 0.1) is 11.7 Å². The molecule has 6 nitrogen and oxygen atoms in total. The Bertz CT molecular complexity index is 557. The van der Waals surface area contributed by atoms with Crippen LogP contribution in [0.1, 0.15) is 31.4 Å². The van der Waals surface area contributed by atoms with Crippen LogP contribution in [-0.2, 0) is 9.47 Å². The number of nitrogens with one attached hydrogen (secondary N) is 2. The lowest BCUT2D eigenvalue weighted by molar-refractivity contribution is 0.0888. The number of aliphatic imine (C=N–C) groups is 1. The van der Waals surface area contributed by atoms with Crippen LogP contribution in [0.3, 0.4) is 0 Å². The van der Waals surface area contributed by atoms with E-state index in [1.54, 1.807) is 18.2 Å². The van der Waals surface area contributed by atoms with Gasteiger partial charge >= 0.3 is 0 Å². The second-order valence-electron chi connectivity index (χ2n) is 6.34. The van der Waals surface area contributed by atoms with Crippen LogP contribution >= 0.6 is 24.0 Å². The zero-order valence-corrected chi connectivity index (χ0v) is 18.2. The third-order valence-corrected chi connectivity index (χ3v) is 4.17. The van der Waals surface area contributed by atoms with E-state index in [9.17, 15) is 9.50 Å². The Morgan fingerprint density at radius 1 is 1.41 bits per heavy atom. The fourth-order valence-corrected chi connectivity index (χ4v) is 2.71. The monoisotopic (exact) mass is 495 g/mol. The molecule has 2 unspecified atom stereocenters. The summed E-state index contributed by atoms with van der Waals surface area (Å²) in [4.78, 5) is 4.33. The van der Waals surface area contributed by atoms with Gasteiger partial charge in [0.2, 0.25) is 0 Å². The summed E-state index contributed by atoms with van der Waals surface area (Å²) in [5.74, 6) is 0.715. The number of hydrogen-bond donors (Lipinski definition) is 3. The lowest BCUT2D eigenvalue weighted by atomic mass is 10.1. The number of rotatable bonds is 10. The van der Waals surface area contributed by atoms with Crippen LogP contribution in [0.5, 0.6) is 0 Å². The molecule has 27 heavy (non-hydrogen) atoms. The highest BCUT2D eigenvalue weighted by molar-refractivity contribution is 14.0. The van der Waals surface area contributed by atoms with Gasteiger partial charge in [0.15, 0.2) is 5.96 Å². The first-order chi connectivity index (χ1) is 12.7. The highest BCUT2D eigenvalue weighted by Crippen LogP contribution is 2.16. The molecular formula is C19H31FIN3O3. The number of benzene rings is 1. The predicted molar refractivity (Wildman–Crippen MR) is 115 cm³/mol. The van der Waals surface area contributed by atoms with E-state index < -0.39 is 11.9 Å². The van der Waals surface area contributed by atoms with Crippen LogP contribution in [0.15, 0.2) is 29.3 Å². The van der Waals surface area contributed by atoms with E-state index in [2.05, 4.69) is 15.6 Å². The van der Waals surface area contributed by atoms with Gasteiger partial charge in [0.1, 0.15) is 11.9 Å². The first-order valence-corrected chi connectivity index (χ1v) is 9.30. The van der Waals surface area contributed by atoms with E-state index in [4.69, 9.17) is 9.47 Å². The van der Waals surface area contributed by atoms with Gasteiger partial charge in [-0.05, 0) is 25.8 Å². The molecule has 0 amide bonds. The molecule has 1 aromatic carbocycles. The second kappa shape index (κ2) is 14.1. The molecule has 0 aliphatic carbocycles. The summed E-state index contributed by atoms with van der Waals surface area (Å²) in [5.41, 5.74) is 0.261. The predicted octanol–water partition coefficient (Wildman–Crippen LogP) is 2.48. The average molecular weight is 495 g/mol. The van der Waals surface area contributed by atoms with Gasteiger partial charge in [-0.3, -0.25) is 4.99 Å². The molecule has 1 fully saturated rings. The van der Waals surface area contributed by atoms with Crippen molar-refractivity contribution in [2.45, 2.75) is 25.9 Å². The van der Waals surface area contributed by atoms with Gasteiger partial charge in [-0.1, -0.05) is 18.2 Å². The molecule has 0 saturated carbocycles. The van der Waals surface area contributed by atoms with Gasteiger partial charge < -0.3 is 25.2 Å². The smallest absolute Gasteiger partial charge is 0.191 e. The number of halogens is 2. The summed E-state index contributed by atoms with van der Waals surface area (Å²) in [7, 11) is 0. The summed E-state index contributed by atoms with van der Waals surface area (Å²) in [6.07, 6.45) is 0.969. The summed E-state index contributed by atoms with van der Waals surface area (Å²) in [6, 6.07) is 6.21. The summed E-state index contributed by atoms with van der Waals surface area (Å²) >= 11 is 0. The number of nitrogens with zero attached hydrogens (tertiary/aromatic N) is 1. The molecule has 0 spiro atoms. The highest BCUT2D eigenvalue weighted by atomic mass is 127. The number of aliphatic hydroxyl groups excluding tert-OH is 1. The topological polar surface area (TPSA) is 75.1 Å².